The first kappa shape index (κ1) is 16.4. The predicted octanol–water partition coefficient (Wildman–Crippen LogP) is 1.42. The zero-order valence-electron chi connectivity index (χ0n) is 13.4. The Morgan fingerprint density at radius 1 is 1.22 bits per heavy atom. The van der Waals surface area contributed by atoms with Crippen molar-refractivity contribution in [1.82, 2.24) is 14.2 Å². The quantitative estimate of drug-likeness (QED) is 0.836. The van der Waals surface area contributed by atoms with Crippen molar-refractivity contribution < 1.29 is 13.2 Å². The largest absolute Gasteiger partial charge is 0.335 e. The second-order valence-electron chi connectivity index (χ2n) is 6.41. The van der Waals surface area contributed by atoms with Crippen molar-refractivity contribution in [3.8, 4) is 0 Å². The number of pyridine rings is 1. The summed E-state index contributed by atoms with van der Waals surface area (Å²) in [6, 6.07) is 4.04. The molecule has 0 bridgehead atoms. The van der Waals surface area contributed by atoms with Gasteiger partial charge >= 0.3 is 0 Å². The Labute approximate surface area is 137 Å². The van der Waals surface area contributed by atoms with Gasteiger partial charge in [-0.15, -0.1) is 0 Å². The second-order valence-corrected chi connectivity index (χ2v) is 8.39. The minimum absolute atomic E-state index is 0.0646. The van der Waals surface area contributed by atoms with Gasteiger partial charge in [-0.1, -0.05) is 6.07 Å². The summed E-state index contributed by atoms with van der Waals surface area (Å²) in [4.78, 5) is 19.0. The smallest absolute Gasteiger partial charge is 0.226 e. The molecule has 2 aliphatic rings. The van der Waals surface area contributed by atoms with E-state index in [1.54, 1.807) is 6.20 Å². The van der Waals surface area contributed by atoms with Gasteiger partial charge in [0.15, 0.2) is 0 Å². The van der Waals surface area contributed by atoms with Crippen molar-refractivity contribution in [1.29, 1.82) is 0 Å². The molecule has 1 aromatic heterocycles. The number of nitrogens with zero attached hydrogens (tertiary/aromatic N) is 3. The van der Waals surface area contributed by atoms with Crippen molar-refractivity contribution in [3.05, 3.63) is 30.1 Å². The number of sulfonamides is 1. The third-order valence-corrected chi connectivity index (χ3v) is 6.18. The molecule has 6 nitrogen and oxygen atoms in total. The maximum absolute atomic E-state index is 12.9. The van der Waals surface area contributed by atoms with E-state index in [0.29, 0.717) is 25.9 Å². The van der Waals surface area contributed by atoms with Gasteiger partial charge in [0.05, 0.1) is 12.3 Å². The molecule has 7 heteroatoms. The Balaban J connectivity index is 1.66. The van der Waals surface area contributed by atoms with E-state index in [2.05, 4.69) is 4.98 Å². The monoisotopic (exact) mass is 337 g/mol. The van der Waals surface area contributed by atoms with Crippen molar-refractivity contribution in [2.24, 2.45) is 5.92 Å². The van der Waals surface area contributed by atoms with Crippen LogP contribution >= 0.6 is 0 Å². The van der Waals surface area contributed by atoms with Gasteiger partial charge in [-0.25, -0.2) is 12.7 Å². The molecule has 3 rings (SSSR count). The molecule has 2 fully saturated rings. The summed E-state index contributed by atoms with van der Waals surface area (Å²) < 4.78 is 24.6. The van der Waals surface area contributed by atoms with Crippen LogP contribution in [0.4, 0.5) is 0 Å². The van der Waals surface area contributed by atoms with E-state index in [9.17, 15) is 13.2 Å². The minimum Gasteiger partial charge on any atom is -0.335 e. The number of likely N-dealkylation sites (tertiary alicyclic amines) is 1. The lowest BCUT2D eigenvalue weighted by atomic mass is 9.95. The summed E-state index contributed by atoms with van der Waals surface area (Å²) in [6.45, 7) is 1.67. The molecule has 0 N–H and O–H groups in total. The summed E-state index contributed by atoms with van der Waals surface area (Å²) >= 11 is 0. The number of carbonyl (C=O) groups is 1. The topological polar surface area (TPSA) is 70.6 Å². The predicted molar refractivity (Wildman–Crippen MR) is 87.1 cm³/mol. The highest BCUT2D eigenvalue weighted by atomic mass is 32.2. The van der Waals surface area contributed by atoms with E-state index in [1.165, 1.54) is 10.6 Å². The number of amides is 1. The average Bonchev–Trinajstić information content (AvgIpc) is 3.04. The van der Waals surface area contributed by atoms with Crippen molar-refractivity contribution >= 4 is 15.9 Å². The summed E-state index contributed by atoms with van der Waals surface area (Å²) in [5, 5.41) is 0. The standard InChI is InChI=1S/C16H23N3O3S/c1-23(21,22)18-10-6-13(7-11-18)16(20)19-9-3-5-15(19)14-4-2-8-17-12-14/h2,4,8,12-13,15H,3,5-7,9-11H2,1H3. The molecule has 0 aliphatic carbocycles. The second kappa shape index (κ2) is 6.57. The van der Waals surface area contributed by atoms with Gasteiger partial charge in [0.2, 0.25) is 15.9 Å². The van der Waals surface area contributed by atoms with Gasteiger partial charge in [0, 0.05) is 37.9 Å². The summed E-state index contributed by atoms with van der Waals surface area (Å²) in [6.07, 6.45) is 8.01. The van der Waals surface area contributed by atoms with Gasteiger partial charge in [-0.3, -0.25) is 9.78 Å². The first-order valence-corrected chi connectivity index (χ1v) is 9.97. The maximum atomic E-state index is 12.9. The molecule has 2 aliphatic heterocycles. The molecular weight excluding hydrogens is 314 g/mol. The van der Waals surface area contributed by atoms with Crippen LogP contribution in [0.2, 0.25) is 0 Å². The summed E-state index contributed by atoms with van der Waals surface area (Å²) in [5.41, 5.74) is 1.09. The third kappa shape index (κ3) is 3.55. The molecule has 1 unspecified atom stereocenters. The molecule has 126 valence electrons. The molecular formula is C16H23N3O3S. The first-order valence-electron chi connectivity index (χ1n) is 8.12. The average molecular weight is 337 g/mol. The van der Waals surface area contributed by atoms with Crippen LogP contribution in [0.25, 0.3) is 0 Å². The molecule has 0 spiro atoms. The fraction of sp³-hybridized carbons (Fsp3) is 0.625. The Kier molecular flexibility index (Phi) is 4.68. The van der Waals surface area contributed by atoms with Crippen LogP contribution in [0.1, 0.15) is 37.3 Å². The molecule has 1 amide bonds. The number of piperidine rings is 1. The third-order valence-electron chi connectivity index (χ3n) is 4.88. The van der Waals surface area contributed by atoms with Crippen molar-refractivity contribution in [2.75, 3.05) is 25.9 Å². The summed E-state index contributed by atoms with van der Waals surface area (Å²) in [5.74, 6) is 0.106. The van der Waals surface area contributed by atoms with Gasteiger partial charge in [0.25, 0.3) is 0 Å². The zero-order valence-corrected chi connectivity index (χ0v) is 14.2. The Bertz CT molecular complexity index is 654. The number of aromatic nitrogens is 1. The highest BCUT2D eigenvalue weighted by molar-refractivity contribution is 7.88. The van der Waals surface area contributed by atoms with Crippen LogP contribution in [0.5, 0.6) is 0 Å². The van der Waals surface area contributed by atoms with Crippen LogP contribution < -0.4 is 0 Å². The van der Waals surface area contributed by atoms with E-state index >= 15 is 0 Å². The lowest BCUT2D eigenvalue weighted by Crippen LogP contribution is -2.43. The number of rotatable bonds is 3. The Hall–Kier alpha value is -1.47. The molecule has 0 radical (unpaired) electrons. The number of carbonyl (C=O) groups excluding carboxylic acids is 1. The van der Waals surface area contributed by atoms with Gasteiger partial charge in [-0.05, 0) is 37.3 Å². The Morgan fingerprint density at radius 3 is 2.57 bits per heavy atom. The number of hydrogen-bond donors (Lipinski definition) is 0. The highest BCUT2D eigenvalue weighted by Crippen LogP contribution is 2.34. The van der Waals surface area contributed by atoms with E-state index in [0.717, 1.165) is 24.9 Å². The number of hydrogen-bond acceptors (Lipinski definition) is 4. The lowest BCUT2D eigenvalue weighted by molar-refractivity contribution is -0.137. The molecule has 0 aromatic carbocycles. The molecule has 1 atom stereocenters. The highest BCUT2D eigenvalue weighted by Gasteiger charge is 2.36. The molecule has 0 saturated carbocycles. The van der Waals surface area contributed by atoms with Crippen LogP contribution in [-0.4, -0.2) is 54.4 Å². The van der Waals surface area contributed by atoms with Crippen LogP contribution in [0.15, 0.2) is 24.5 Å². The van der Waals surface area contributed by atoms with Crippen molar-refractivity contribution in [3.63, 3.8) is 0 Å². The fourth-order valence-electron chi connectivity index (χ4n) is 3.62. The maximum Gasteiger partial charge on any atom is 0.226 e. The van der Waals surface area contributed by atoms with Crippen molar-refractivity contribution in [2.45, 2.75) is 31.7 Å². The van der Waals surface area contributed by atoms with Gasteiger partial charge in [0.1, 0.15) is 0 Å². The van der Waals surface area contributed by atoms with Gasteiger partial charge in [-0.2, -0.15) is 0 Å². The van der Waals surface area contributed by atoms with E-state index in [-0.39, 0.29) is 17.9 Å². The van der Waals surface area contributed by atoms with Crippen LogP contribution in [0, 0.1) is 5.92 Å². The molecule has 1 aromatic rings. The molecule has 3 heterocycles. The Morgan fingerprint density at radius 2 is 1.96 bits per heavy atom. The van der Waals surface area contributed by atoms with Crippen LogP contribution in [0.3, 0.4) is 0 Å². The molecule has 23 heavy (non-hydrogen) atoms. The zero-order chi connectivity index (χ0) is 16.4. The minimum atomic E-state index is -3.15. The lowest BCUT2D eigenvalue weighted by Gasteiger charge is -2.34. The van der Waals surface area contributed by atoms with Gasteiger partial charge < -0.3 is 4.90 Å². The fourth-order valence-corrected chi connectivity index (χ4v) is 4.49. The van der Waals surface area contributed by atoms with E-state index < -0.39 is 10.0 Å². The normalized spacial score (nSPS) is 24.0. The van der Waals surface area contributed by atoms with Crippen LogP contribution in [-0.2, 0) is 14.8 Å². The van der Waals surface area contributed by atoms with E-state index in [1.807, 2.05) is 23.2 Å². The SMILES string of the molecule is CS(=O)(=O)N1CCC(C(=O)N2CCCC2c2cccnc2)CC1. The van der Waals surface area contributed by atoms with E-state index in [4.69, 9.17) is 0 Å². The molecule has 2 saturated heterocycles. The first-order chi connectivity index (χ1) is 11.0. The summed E-state index contributed by atoms with van der Waals surface area (Å²) in [7, 11) is -3.15.